The van der Waals surface area contributed by atoms with Crippen molar-refractivity contribution in [3.8, 4) is 0 Å². The van der Waals surface area contributed by atoms with Gasteiger partial charge in [-0.05, 0) is 31.0 Å². The average molecular weight is 168 g/mol. The van der Waals surface area contributed by atoms with Gasteiger partial charge >= 0.3 is 0 Å². The highest BCUT2D eigenvalue weighted by Gasteiger charge is 1.94. The van der Waals surface area contributed by atoms with Gasteiger partial charge in [-0.25, -0.2) is 4.39 Å². The lowest BCUT2D eigenvalue weighted by molar-refractivity contribution is 0.151. The van der Waals surface area contributed by atoms with E-state index in [2.05, 4.69) is 0 Å². The molecule has 12 heavy (non-hydrogen) atoms. The van der Waals surface area contributed by atoms with Gasteiger partial charge in [0.1, 0.15) is 5.82 Å². The third-order valence-corrected chi connectivity index (χ3v) is 1.63. The predicted octanol–water partition coefficient (Wildman–Crippen LogP) is 2.40. The quantitative estimate of drug-likeness (QED) is 0.627. The van der Waals surface area contributed by atoms with Gasteiger partial charge in [0.15, 0.2) is 0 Å². The summed E-state index contributed by atoms with van der Waals surface area (Å²) in [6, 6.07) is 6.61. The van der Waals surface area contributed by atoms with Crippen LogP contribution in [0.4, 0.5) is 4.39 Å². The van der Waals surface area contributed by atoms with Crippen molar-refractivity contribution < 1.29 is 9.13 Å². The molecule has 0 aliphatic heterocycles. The molecule has 0 heterocycles. The molecule has 0 saturated carbocycles. The predicted molar refractivity (Wildman–Crippen MR) is 46.6 cm³/mol. The molecule has 1 rings (SSSR count). The van der Waals surface area contributed by atoms with Crippen molar-refractivity contribution in [2.24, 2.45) is 0 Å². The van der Waals surface area contributed by atoms with Crippen LogP contribution >= 0.6 is 0 Å². The highest BCUT2D eigenvalue weighted by atomic mass is 19.1. The van der Waals surface area contributed by atoms with Gasteiger partial charge < -0.3 is 4.74 Å². The minimum Gasteiger partial charge on any atom is -0.381 e. The van der Waals surface area contributed by atoms with Gasteiger partial charge in [-0.2, -0.15) is 0 Å². The summed E-state index contributed by atoms with van der Waals surface area (Å²) < 4.78 is 17.8. The minimum atomic E-state index is -0.177. The van der Waals surface area contributed by atoms with E-state index < -0.39 is 0 Å². The van der Waals surface area contributed by atoms with Crippen molar-refractivity contribution in [3.63, 3.8) is 0 Å². The van der Waals surface area contributed by atoms with Crippen LogP contribution in [-0.4, -0.2) is 13.2 Å². The number of halogens is 1. The zero-order valence-electron chi connectivity index (χ0n) is 7.22. The summed E-state index contributed by atoms with van der Waals surface area (Å²) in [6.45, 7) is 3.33. The molecule has 0 spiro atoms. The molecule has 0 unspecified atom stereocenters. The Morgan fingerprint density at radius 3 is 2.92 bits per heavy atom. The van der Waals surface area contributed by atoms with Gasteiger partial charge in [0.2, 0.25) is 0 Å². The zero-order chi connectivity index (χ0) is 8.81. The summed E-state index contributed by atoms with van der Waals surface area (Å²) in [7, 11) is 0. The fraction of sp³-hybridized carbons (Fsp3) is 0.400. The zero-order valence-corrected chi connectivity index (χ0v) is 7.22. The second-order valence-electron chi connectivity index (χ2n) is 2.58. The second kappa shape index (κ2) is 4.88. The molecule has 0 bridgehead atoms. The van der Waals surface area contributed by atoms with Crippen LogP contribution in [0.3, 0.4) is 0 Å². The standard InChI is InChI=1S/C10H13FO/c1-2-12-7-6-9-4-3-5-10(11)8-9/h3-5,8H,2,6-7H2,1H3. The Hall–Kier alpha value is -0.890. The highest BCUT2D eigenvalue weighted by Crippen LogP contribution is 2.03. The molecular formula is C10H13FO. The summed E-state index contributed by atoms with van der Waals surface area (Å²) in [5.74, 6) is -0.177. The van der Waals surface area contributed by atoms with Crippen LogP contribution in [-0.2, 0) is 11.2 Å². The van der Waals surface area contributed by atoms with E-state index in [0.29, 0.717) is 6.61 Å². The van der Waals surface area contributed by atoms with Gasteiger partial charge in [0, 0.05) is 6.61 Å². The van der Waals surface area contributed by atoms with Crippen molar-refractivity contribution in [1.82, 2.24) is 0 Å². The molecular weight excluding hydrogens is 155 g/mol. The van der Waals surface area contributed by atoms with Crippen molar-refractivity contribution in [3.05, 3.63) is 35.6 Å². The fourth-order valence-electron chi connectivity index (χ4n) is 1.03. The van der Waals surface area contributed by atoms with E-state index in [0.717, 1.165) is 18.6 Å². The van der Waals surface area contributed by atoms with Crippen LogP contribution in [0.5, 0.6) is 0 Å². The number of rotatable bonds is 4. The monoisotopic (exact) mass is 168 g/mol. The first-order valence-electron chi connectivity index (χ1n) is 4.15. The highest BCUT2D eigenvalue weighted by molar-refractivity contribution is 5.16. The van der Waals surface area contributed by atoms with Crippen molar-refractivity contribution in [1.29, 1.82) is 0 Å². The SMILES string of the molecule is CCOCCc1cccc(F)c1. The summed E-state index contributed by atoms with van der Waals surface area (Å²) >= 11 is 0. The molecule has 0 N–H and O–H groups in total. The smallest absolute Gasteiger partial charge is 0.123 e. The van der Waals surface area contributed by atoms with E-state index >= 15 is 0 Å². The largest absolute Gasteiger partial charge is 0.381 e. The van der Waals surface area contributed by atoms with Crippen LogP contribution in [0.15, 0.2) is 24.3 Å². The summed E-state index contributed by atoms with van der Waals surface area (Å²) in [4.78, 5) is 0. The van der Waals surface area contributed by atoms with Gasteiger partial charge in [0.25, 0.3) is 0 Å². The third kappa shape index (κ3) is 3.01. The van der Waals surface area contributed by atoms with E-state index in [4.69, 9.17) is 4.74 Å². The maximum absolute atomic E-state index is 12.6. The van der Waals surface area contributed by atoms with Crippen molar-refractivity contribution in [2.45, 2.75) is 13.3 Å². The van der Waals surface area contributed by atoms with Crippen LogP contribution in [0.25, 0.3) is 0 Å². The molecule has 0 saturated heterocycles. The van der Waals surface area contributed by atoms with Gasteiger partial charge in [-0.3, -0.25) is 0 Å². The molecule has 2 heteroatoms. The molecule has 1 aromatic rings. The fourth-order valence-corrected chi connectivity index (χ4v) is 1.03. The molecule has 1 nitrogen and oxygen atoms in total. The Morgan fingerprint density at radius 1 is 1.42 bits per heavy atom. The lowest BCUT2D eigenvalue weighted by atomic mass is 10.2. The van der Waals surface area contributed by atoms with E-state index in [1.807, 2.05) is 13.0 Å². The summed E-state index contributed by atoms with van der Waals surface area (Å²) in [5, 5.41) is 0. The first-order valence-corrected chi connectivity index (χ1v) is 4.15. The lowest BCUT2D eigenvalue weighted by Gasteiger charge is -2.01. The maximum atomic E-state index is 12.6. The lowest BCUT2D eigenvalue weighted by Crippen LogP contribution is -1.97. The minimum absolute atomic E-state index is 0.177. The first-order chi connectivity index (χ1) is 5.83. The molecule has 0 radical (unpaired) electrons. The normalized spacial score (nSPS) is 10.2. The molecule has 0 aliphatic rings. The molecule has 0 amide bonds. The van der Waals surface area contributed by atoms with E-state index in [1.54, 1.807) is 12.1 Å². The molecule has 0 fully saturated rings. The van der Waals surface area contributed by atoms with Crippen LogP contribution in [0.2, 0.25) is 0 Å². The van der Waals surface area contributed by atoms with Crippen LogP contribution in [0, 0.1) is 5.82 Å². The molecule has 0 aliphatic carbocycles. The topological polar surface area (TPSA) is 9.23 Å². The number of ether oxygens (including phenoxy) is 1. The Balaban J connectivity index is 2.41. The molecule has 0 aromatic heterocycles. The maximum Gasteiger partial charge on any atom is 0.123 e. The Bertz CT molecular complexity index is 235. The van der Waals surface area contributed by atoms with Gasteiger partial charge in [-0.1, -0.05) is 12.1 Å². The van der Waals surface area contributed by atoms with E-state index in [-0.39, 0.29) is 5.82 Å². The molecule has 66 valence electrons. The summed E-state index contributed by atoms with van der Waals surface area (Å²) in [5.41, 5.74) is 0.989. The van der Waals surface area contributed by atoms with Crippen LogP contribution < -0.4 is 0 Å². The second-order valence-corrected chi connectivity index (χ2v) is 2.58. The Labute approximate surface area is 72.2 Å². The number of hydrogen-bond acceptors (Lipinski definition) is 1. The first kappa shape index (κ1) is 9.20. The molecule has 0 atom stereocenters. The third-order valence-electron chi connectivity index (χ3n) is 1.63. The number of benzene rings is 1. The van der Waals surface area contributed by atoms with Gasteiger partial charge in [-0.15, -0.1) is 0 Å². The Kier molecular flexibility index (Phi) is 3.74. The Morgan fingerprint density at radius 2 is 2.25 bits per heavy atom. The summed E-state index contributed by atoms with van der Waals surface area (Å²) in [6.07, 6.45) is 0.783. The van der Waals surface area contributed by atoms with E-state index in [9.17, 15) is 4.39 Å². The average Bonchev–Trinajstić information content (AvgIpc) is 2.05. The van der Waals surface area contributed by atoms with Gasteiger partial charge in [0.05, 0.1) is 6.61 Å². The van der Waals surface area contributed by atoms with E-state index in [1.165, 1.54) is 6.07 Å². The van der Waals surface area contributed by atoms with Crippen molar-refractivity contribution >= 4 is 0 Å². The van der Waals surface area contributed by atoms with Crippen molar-refractivity contribution in [2.75, 3.05) is 13.2 Å². The number of hydrogen-bond donors (Lipinski definition) is 0. The van der Waals surface area contributed by atoms with Crippen LogP contribution in [0.1, 0.15) is 12.5 Å². The molecule has 1 aromatic carbocycles.